The van der Waals surface area contributed by atoms with Crippen molar-refractivity contribution in [1.29, 1.82) is 0 Å². The van der Waals surface area contributed by atoms with Gasteiger partial charge in [0.1, 0.15) is 0 Å². The Morgan fingerprint density at radius 3 is 1.98 bits per heavy atom. The maximum Gasteiger partial charge on any atom is 2.00 e. The molecular weight excluding hydrogens is 598 g/mol. The summed E-state index contributed by atoms with van der Waals surface area (Å²) in [6.07, 6.45) is 8.68. The van der Waals surface area contributed by atoms with E-state index >= 15 is 0 Å². The van der Waals surface area contributed by atoms with Crippen molar-refractivity contribution in [2.75, 3.05) is 0 Å². The summed E-state index contributed by atoms with van der Waals surface area (Å²) >= 11 is 0. The standard InChI is InChI=1S/C32H35N5O5.Cu/c1-20(21-12-5-2-6-13-21)35-28(38)24-18-11-19-25(26(24)29(35)39)33-34-27-30(40)36(22-14-7-3-8-15-22)32(42)37(31(27)41)23-16-9-4-10-17-23;/h2,5-6,11-13,18-20,22-23,40H,3-4,7-10,14-17H2,1H3;/q;+2. The molecule has 1 radical (unpaired) electrons. The summed E-state index contributed by atoms with van der Waals surface area (Å²) in [5.74, 6) is -1.43. The maximum atomic E-state index is 13.7. The number of rotatable bonds is 6. The third kappa shape index (κ3) is 5.52. The number of benzene rings is 2. The molecule has 2 aromatic carbocycles. The number of imide groups is 1. The Labute approximate surface area is 259 Å². The summed E-state index contributed by atoms with van der Waals surface area (Å²) in [5, 5.41) is 19.8. The van der Waals surface area contributed by atoms with Crippen LogP contribution < -0.4 is 11.2 Å². The van der Waals surface area contributed by atoms with E-state index in [9.17, 15) is 24.3 Å². The smallest absolute Gasteiger partial charge is 0.493 e. The number of aromatic nitrogens is 2. The maximum absolute atomic E-state index is 13.7. The summed E-state index contributed by atoms with van der Waals surface area (Å²) < 4.78 is 2.59. The van der Waals surface area contributed by atoms with E-state index in [1.807, 2.05) is 30.3 Å². The first kappa shape index (κ1) is 30.6. The molecule has 6 rings (SSSR count). The van der Waals surface area contributed by atoms with Gasteiger partial charge < -0.3 is 5.11 Å². The molecule has 2 heterocycles. The predicted octanol–water partition coefficient (Wildman–Crippen LogP) is 6.50. The number of azo groups is 1. The molecule has 2 fully saturated rings. The number of hydrogen-bond acceptors (Lipinski definition) is 7. The Kier molecular flexibility index (Phi) is 9.13. The van der Waals surface area contributed by atoms with E-state index in [4.69, 9.17) is 0 Å². The molecule has 10 nitrogen and oxygen atoms in total. The van der Waals surface area contributed by atoms with Crippen molar-refractivity contribution in [3.8, 4) is 5.88 Å². The third-order valence-electron chi connectivity index (χ3n) is 9.00. The molecule has 1 N–H and O–H groups in total. The zero-order valence-corrected chi connectivity index (χ0v) is 25.0. The van der Waals surface area contributed by atoms with Gasteiger partial charge in [-0.05, 0) is 50.3 Å². The van der Waals surface area contributed by atoms with Crippen molar-refractivity contribution in [2.24, 2.45) is 10.2 Å². The molecule has 2 amide bonds. The second kappa shape index (κ2) is 12.8. The van der Waals surface area contributed by atoms with E-state index in [1.54, 1.807) is 25.1 Å². The molecule has 11 heteroatoms. The average molecular weight is 633 g/mol. The average Bonchev–Trinajstić information content (AvgIpc) is 3.28. The molecule has 227 valence electrons. The van der Waals surface area contributed by atoms with Crippen molar-refractivity contribution < 1.29 is 31.8 Å². The van der Waals surface area contributed by atoms with Crippen LogP contribution in [0.15, 0.2) is 68.3 Å². The largest absolute Gasteiger partial charge is 2.00 e. The topological polar surface area (TPSA) is 126 Å². The minimum atomic E-state index is -0.686. The molecular formula is C32H35CuN5O5+2. The van der Waals surface area contributed by atoms with Crippen LogP contribution in [0, 0.1) is 0 Å². The SMILES string of the molecule is CC(c1ccccc1)N1C(=O)c2cccc(N=Nc3c(O)n(C4CCCCC4)c(=O)n(C4CCCCC4)c3=O)c2C1=O.[Cu+2]. The van der Waals surface area contributed by atoms with Crippen LogP contribution in [-0.2, 0) is 17.1 Å². The molecule has 1 aromatic heterocycles. The van der Waals surface area contributed by atoms with Crippen LogP contribution in [0.3, 0.4) is 0 Å². The van der Waals surface area contributed by atoms with E-state index in [2.05, 4.69) is 10.2 Å². The summed E-state index contributed by atoms with van der Waals surface area (Å²) in [6.45, 7) is 1.79. The molecule has 43 heavy (non-hydrogen) atoms. The number of hydrogen-bond donors (Lipinski definition) is 1. The van der Waals surface area contributed by atoms with Crippen molar-refractivity contribution in [3.63, 3.8) is 0 Å². The minimum Gasteiger partial charge on any atom is -0.493 e. The predicted molar refractivity (Wildman–Crippen MR) is 157 cm³/mol. The van der Waals surface area contributed by atoms with Gasteiger partial charge in [0.2, 0.25) is 11.6 Å². The quantitative estimate of drug-likeness (QED) is 0.189. The Balaban J connectivity index is 0.00000368. The Hall–Kier alpha value is -3.82. The molecule has 3 aromatic rings. The molecule has 3 aliphatic rings. The molecule has 0 spiro atoms. The van der Waals surface area contributed by atoms with Gasteiger partial charge in [-0.2, -0.15) is 0 Å². The number of carbonyl (C=O) groups excluding carboxylic acids is 2. The van der Waals surface area contributed by atoms with Crippen LogP contribution in [0.5, 0.6) is 5.88 Å². The third-order valence-corrected chi connectivity index (χ3v) is 9.00. The van der Waals surface area contributed by atoms with Crippen molar-refractivity contribution >= 4 is 23.2 Å². The molecule has 2 aliphatic carbocycles. The number of aromatic hydroxyl groups is 1. The first-order chi connectivity index (χ1) is 20.4. The Morgan fingerprint density at radius 1 is 0.744 bits per heavy atom. The zero-order chi connectivity index (χ0) is 29.4. The van der Waals surface area contributed by atoms with Crippen LogP contribution in [0.25, 0.3) is 0 Å². The first-order valence-corrected chi connectivity index (χ1v) is 15.0. The zero-order valence-electron chi connectivity index (χ0n) is 24.0. The fourth-order valence-electron chi connectivity index (χ4n) is 6.74. The van der Waals surface area contributed by atoms with Crippen LogP contribution in [0.1, 0.15) is 116 Å². The van der Waals surface area contributed by atoms with Gasteiger partial charge in [-0.3, -0.25) is 28.4 Å². The van der Waals surface area contributed by atoms with Crippen LogP contribution in [0.2, 0.25) is 0 Å². The van der Waals surface area contributed by atoms with Gasteiger partial charge in [0.25, 0.3) is 17.4 Å². The summed E-state index contributed by atoms with van der Waals surface area (Å²) in [5.41, 5.74) is -0.274. The van der Waals surface area contributed by atoms with Crippen molar-refractivity contribution in [3.05, 3.63) is 86.1 Å². The van der Waals surface area contributed by atoms with Gasteiger partial charge in [0.15, 0.2) is 0 Å². The van der Waals surface area contributed by atoms with Gasteiger partial charge in [0, 0.05) is 12.1 Å². The fraction of sp³-hybridized carbons (Fsp3) is 0.438. The second-order valence-corrected chi connectivity index (χ2v) is 11.6. The van der Waals surface area contributed by atoms with Crippen molar-refractivity contribution in [1.82, 2.24) is 14.0 Å². The van der Waals surface area contributed by atoms with Gasteiger partial charge in [-0.1, -0.05) is 74.9 Å². The summed E-state index contributed by atoms with van der Waals surface area (Å²) in [7, 11) is 0. The van der Waals surface area contributed by atoms with E-state index < -0.39 is 35.0 Å². The van der Waals surface area contributed by atoms with Gasteiger partial charge >= 0.3 is 22.8 Å². The van der Waals surface area contributed by atoms with Crippen LogP contribution in [0.4, 0.5) is 11.4 Å². The Morgan fingerprint density at radius 2 is 1.35 bits per heavy atom. The molecule has 1 aliphatic heterocycles. The van der Waals surface area contributed by atoms with Crippen LogP contribution >= 0.6 is 0 Å². The van der Waals surface area contributed by atoms with Crippen LogP contribution in [-0.4, -0.2) is 31.0 Å². The van der Waals surface area contributed by atoms with Crippen molar-refractivity contribution in [2.45, 2.75) is 89.3 Å². The second-order valence-electron chi connectivity index (χ2n) is 11.6. The van der Waals surface area contributed by atoms with E-state index in [-0.39, 0.29) is 51.7 Å². The first-order valence-electron chi connectivity index (χ1n) is 15.0. The number of carbonyl (C=O) groups is 2. The molecule has 1 unspecified atom stereocenters. The van der Waals surface area contributed by atoms with Gasteiger partial charge in [-0.25, -0.2) is 4.79 Å². The Bertz CT molecular complexity index is 1670. The molecule has 2 saturated carbocycles. The monoisotopic (exact) mass is 632 g/mol. The summed E-state index contributed by atoms with van der Waals surface area (Å²) in [6, 6.07) is 13.0. The molecule has 0 bridgehead atoms. The number of fused-ring (bicyclic) bond motifs is 1. The number of amides is 2. The normalized spacial score (nSPS) is 18.6. The van der Waals surface area contributed by atoms with E-state index in [1.165, 1.54) is 14.0 Å². The van der Waals surface area contributed by atoms with Gasteiger partial charge in [-0.15, -0.1) is 10.2 Å². The molecule has 0 saturated heterocycles. The van der Waals surface area contributed by atoms with E-state index in [0.717, 1.165) is 56.9 Å². The number of nitrogens with zero attached hydrogens (tertiary/aromatic N) is 5. The minimum absolute atomic E-state index is 0. The summed E-state index contributed by atoms with van der Waals surface area (Å²) in [4.78, 5) is 55.5. The fourth-order valence-corrected chi connectivity index (χ4v) is 6.74. The van der Waals surface area contributed by atoms with E-state index in [0.29, 0.717) is 12.8 Å². The molecule has 1 atom stereocenters. The van der Waals surface area contributed by atoms with Gasteiger partial charge in [0.05, 0.1) is 22.9 Å².